The lowest BCUT2D eigenvalue weighted by atomic mass is 10.1. The van der Waals surface area contributed by atoms with Gasteiger partial charge in [-0.1, -0.05) is 11.6 Å². The molecule has 11 heteroatoms. The standard InChI is InChI=1S/C19H23ClN4O6/c20-13-9-12(16-17(15(13)21)29-8-7-28-16)18-22-24(19(27)30-18)11-4-6-23(10-11)5-2-1-3-14(25)26/h9,11H,1-8,10,21H2,(H,25,26). The summed E-state index contributed by atoms with van der Waals surface area (Å²) in [7, 11) is 0. The Morgan fingerprint density at radius 3 is 2.83 bits per heavy atom. The minimum absolute atomic E-state index is 0.101. The maximum absolute atomic E-state index is 12.5. The SMILES string of the molecule is Nc1c(Cl)cc(-c2nn(C3CCN(CCCCC(=O)O)C3)c(=O)o2)c2c1OCCO2. The van der Waals surface area contributed by atoms with Gasteiger partial charge in [0.1, 0.15) is 13.2 Å². The number of benzene rings is 1. The predicted octanol–water partition coefficient (Wildman–Crippen LogP) is 2.01. The summed E-state index contributed by atoms with van der Waals surface area (Å²) in [5.41, 5.74) is 6.66. The lowest BCUT2D eigenvalue weighted by Crippen LogP contribution is -2.27. The van der Waals surface area contributed by atoms with Crippen molar-refractivity contribution in [2.75, 3.05) is 38.6 Å². The van der Waals surface area contributed by atoms with Crippen LogP contribution in [0.5, 0.6) is 11.5 Å². The average molecular weight is 439 g/mol. The third-order valence-corrected chi connectivity index (χ3v) is 5.62. The Kier molecular flexibility index (Phi) is 5.87. The molecule has 1 aromatic carbocycles. The number of ether oxygens (including phenoxy) is 2. The molecule has 2 aromatic rings. The summed E-state index contributed by atoms with van der Waals surface area (Å²) in [6.45, 7) is 2.94. The Balaban J connectivity index is 1.51. The maximum Gasteiger partial charge on any atom is 0.437 e. The van der Waals surface area contributed by atoms with Crippen molar-refractivity contribution >= 4 is 23.3 Å². The predicted molar refractivity (Wildman–Crippen MR) is 108 cm³/mol. The molecular formula is C19H23ClN4O6. The van der Waals surface area contributed by atoms with E-state index < -0.39 is 11.7 Å². The number of fused-ring (bicyclic) bond motifs is 1. The van der Waals surface area contributed by atoms with Crippen molar-refractivity contribution in [2.24, 2.45) is 0 Å². The summed E-state index contributed by atoms with van der Waals surface area (Å²) in [5, 5.41) is 13.4. The largest absolute Gasteiger partial charge is 0.485 e. The van der Waals surface area contributed by atoms with Crippen LogP contribution < -0.4 is 21.0 Å². The monoisotopic (exact) mass is 438 g/mol. The number of rotatable bonds is 7. The number of unbranched alkanes of at least 4 members (excludes halogenated alkanes) is 1. The molecule has 1 atom stereocenters. The van der Waals surface area contributed by atoms with Crippen molar-refractivity contribution in [1.29, 1.82) is 0 Å². The van der Waals surface area contributed by atoms with Crippen molar-refractivity contribution in [2.45, 2.75) is 31.7 Å². The van der Waals surface area contributed by atoms with Gasteiger partial charge >= 0.3 is 11.7 Å². The molecule has 1 fully saturated rings. The Morgan fingerprint density at radius 1 is 1.30 bits per heavy atom. The van der Waals surface area contributed by atoms with Crippen LogP contribution in [0.15, 0.2) is 15.3 Å². The van der Waals surface area contributed by atoms with Gasteiger partial charge in [-0.05, 0) is 31.9 Å². The van der Waals surface area contributed by atoms with Crippen LogP contribution in [0.1, 0.15) is 31.7 Å². The smallest absolute Gasteiger partial charge is 0.437 e. The second kappa shape index (κ2) is 8.57. The molecule has 1 unspecified atom stereocenters. The van der Waals surface area contributed by atoms with E-state index in [-0.39, 0.29) is 29.1 Å². The number of carboxylic acid groups (broad SMARTS) is 1. The zero-order valence-electron chi connectivity index (χ0n) is 16.3. The van der Waals surface area contributed by atoms with Crippen LogP contribution in [0.2, 0.25) is 5.02 Å². The van der Waals surface area contributed by atoms with Crippen LogP contribution in [-0.2, 0) is 4.79 Å². The number of nitrogens with zero attached hydrogens (tertiary/aromatic N) is 3. The van der Waals surface area contributed by atoms with Crippen molar-refractivity contribution in [3.05, 3.63) is 21.6 Å². The lowest BCUT2D eigenvalue weighted by molar-refractivity contribution is -0.137. The third kappa shape index (κ3) is 4.10. The number of likely N-dealkylation sites (tertiary alicyclic amines) is 1. The molecule has 0 spiro atoms. The number of carboxylic acids is 1. The summed E-state index contributed by atoms with van der Waals surface area (Å²) < 4.78 is 18.0. The molecule has 0 bridgehead atoms. The van der Waals surface area contributed by atoms with E-state index in [1.807, 2.05) is 0 Å². The number of hydrogen-bond donors (Lipinski definition) is 2. The number of aliphatic carboxylic acids is 1. The van der Waals surface area contributed by atoms with Gasteiger partial charge in [-0.3, -0.25) is 4.79 Å². The molecule has 2 aliphatic heterocycles. The van der Waals surface area contributed by atoms with Crippen molar-refractivity contribution in [3.8, 4) is 23.0 Å². The summed E-state index contributed by atoms with van der Waals surface area (Å²) in [6, 6.07) is 1.44. The van der Waals surface area contributed by atoms with Crippen LogP contribution in [0.3, 0.4) is 0 Å². The van der Waals surface area contributed by atoms with E-state index >= 15 is 0 Å². The van der Waals surface area contributed by atoms with Crippen LogP contribution in [0.25, 0.3) is 11.5 Å². The molecule has 10 nitrogen and oxygen atoms in total. The van der Waals surface area contributed by atoms with E-state index in [1.54, 1.807) is 6.07 Å². The number of hydrogen-bond acceptors (Lipinski definition) is 8. The van der Waals surface area contributed by atoms with E-state index in [1.165, 1.54) is 4.68 Å². The van der Waals surface area contributed by atoms with Gasteiger partial charge in [0, 0.05) is 19.5 Å². The topological polar surface area (TPSA) is 133 Å². The number of nitrogen functional groups attached to an aromatic ring is 1. The second-order valence-corrected chi connectivity index (χ2v) is 7.79. The lowest BCUT2D eigenvalue weighted by Gasteiger charge is -2.22. The Hall–Kier alpha value is -2.72. The van der Waals surface area contributed by atoms with Crippen LogP contribution in [0, 0.1) is 0 Å². The molecule has 1 aromatic heterocycles. The molecule has 0 radical (unpaired) electrons. The number of halogens is 1. The van der Waals surface area contributed by atoms with Gasteiger partial charge in [-0.25, -0.2) is 4.79 Å². The van der Waals surface area contributed by atoms with Crippen molar-refractivity contribution in [3.63, 3.8) is 0 Å². The van der Waals surface area contributed by atoms with Gasteiger partial charge in [0.05, 0.1) is 22.3 Å². The molecule has 3 N–H and O–H groups in total. The first kappa shape index (κ1) is 20.5. The van der Waals surface area contributed by atoms with Gasteiger partial charge < -0.3 is 29.6 Å². The molecule has 0 aliphatic carbocycles. The summed E-state index contributed by atoms with van der Waals surface area (Å²) in [6.07, 6.45) is 2.36. The summed E-state index contributed by atoms with van der Waals surface area (Å²) in [4.78, 5) is 25.3. The van der Waals surface area contributed by atoms with Gasteiger partial charge in [-0.15, -0.1) is 5.10 Å². The van der Waals surface area contributed by atoms with E-state index in [2.05, 4.69) is 10.00 Å². The molecule has 3 heterocycles. The van der Waals surface area contributed by atoms with Gasteiger partial charge in [0.25, 0.3) is 5.89 Å². The first-order valence-electron chi connectivity index (χ1n) is 9.85. The Bertz CT molecular complexity index is 1000. The fourth-order valence-electron chi connectivity index (χ4n) is 3.81. The fourth-order valence-corrected chi connectivity index (χ4v) is 4.01. The fraction of sp³-hybridized carbons (Fsp3) is 0.526. The van der Waals surface area contributed by atoms with Crippen LogP contribution >= 0.6 is 11.6 Å². The molecule has 162 valence electrons. The second-order valence-electron chi connectivity index (χ2n) is 7.39. The zero-order chi connectivity index (χ0) is 21.3. The zero-order valence-corrected chi connectivity index (χ0v) is 17.1. The minimum Gasteiger partial charge on any atom is -0.485 e. The van der Waals surface area contributed by atoms with Crippen molar-refractivity contribution < 1.29 is 23.8 Å². The average Bonchev–Trinajstić information content (AvgIpc) is 3.34. The number of anilines is 1. The highest BCUT2D eigenvalue weighted by Crippen LogP contribution is 2.46. The van der Waals surface area contributed by atoms with E-state index in [0.717, 1.165) is 25.9 Å². The third-order valence-electron chi connectivity index (χ3n) is 5.31. The normalized spacial score (nSPS) is 18.6. The number of nitrogens with two attached hydrogens (primary N) is 1. The van der Waals surface area contributed by atoms with Gasteiger partial charge in [-0.2, -0.15) is 4.68 Å². The Morgan fingerprint density at radius 2 is 2.07 bits per heavy atom. The number of carbonyl (C=O) groups is 1. The van der Waals surface area contributed by atoms with Crippen LogP contribution in [0.4, 0.5) is 5.69 Å². The van der Waals surface area contributed by atoms with E-state index in [9.17, 15) is 9.59 Å². The maximum atomic E-state index is 12.5. The van der Waals surface area contributed by atoms with E-state index in [4.69, 9.17) is 36.3 Å². The molecule has 4 rings (SSSR count). The molecule has 0 amide bonds. The van der Waals surface area contributed by atoms with E-state index in [0.29, 0.717) is 43.2 Å². The molecule has 0 saturated carbocycles. The highest BCUT2D eigenvalue weighted by atomic mass is 35.5. The highest BCUT2D eigenvalue weighted by molar-refractivity contribution is 6.34. The van der Waals surface area contributed by atoms with Crippen molar-refractivity contribution in [1.82, 2.24) is 14.7 Å². The number of aromatic nitrogens is 2. The molecule has 2 aliphatic rings. The van der Waals surface area contributed by atoms with Crippen LogP contribution in [-0.4, -0.2) is 58.6 Å². The Labute approximate surface area is 177 Å². The molecular weight excluding hydrogens is 416 g/mol. The molecule has 1 saturated heterocycles. The highest BCUT2D eigenvalue weighted by Gasteiger charge is 2.30. The quantitative estimate of drug-likeness (QED) is 0.491. The first-order valence-corrected chi connectivity index (χ1v) is 10.2. The minimum atomic E-state index is -0.782. The summed E-state index contributed by atoms with van der Waals surface area (Å²) in [5.74, 6) is -0.544. The molecule has 30 heavy (non-hydrogen) atoms. The first-order chi connectivity index (χ1) is 14.4. The van der Waals surface area contributed by atoms with Gasteiger partial charge in [0.2, 0.25) is 0 Å². The summed E-state index contributed by atoms with van der Waals surface area (Å²) >= 11 is 6.22. The van der Waals surface area contributed by atoms with Gasteiger partial charge in [0.15, 0.2) is 11.5 Å².